The maximum Gasteiger partial charge on any atom is 0.123 e. The van der Waals surface area contributed by atoms with Crippen molar-refractivity contribution in [2.45, 2.75) is 31.6 Å². The van der Waals surface area contributed by atoms with Gasteiger partial charge in [-0.1, -0.05) is 12.1 Å². The molecule has 4 nitrogen and oxygen atoms in total. The van der Waals surface area contributed by atoms with Crippen LogP contribution in [-0.4, -0.2) is 48.5 Å². The van der Waals surface area contributed by atoms with Crippen LogP contribution in [0.1, 0.15) is 24.9 Å². The van der Waals surface area contributed by atoms with Crippen LogP contribution in [0.15, 0.2) is 24.3 Å². The average Bonchev–Trinajstić information content (AvgIpc) is 2.45. The van der Waals surface area contributed by atoms with E-state index in [0.717, 1.165) is 31.6 Å². The number of nitrogens with two attached hydrogens (primary N) is 1. The van der Waals surface area contributed by atoms with Crippen molar-refractivity contribution in [2.75, 3.05) is 26.2 Å². The highest BCUT2D eigenvalue weighted by Crippen LogP contribution is 2.17. The van der Waals surface area contributed by atoms with E-state index in [2.05, 4.69) is 4.90 Å². The van der Waals surface area contributed by atoms with Crippen LogP contribution in [0.5, 0.6) is 0 Å². The van der Waals surface area contributed by atoms with E-state index in [1.807, 2.05) is 6.92 Å². The monoisotopic (exact) mass is 282 g/mol. The van der Waals surface area contributed by atoms with Gasteiger partial charge in [0.05, 0.1) is 18.8 Å². The summed E-state index contributed by atoms with van der Waals surface area (Å²) in [6, 6.07) is 6.25. The fourth-order valence-corrected chi connectivity index (χ4v) is 2.62. The minimum Gasteiger partial charge on any atom is -0.394 e. The van der Waals surface area contributed by atoms with Gasteiger partial charge in [0.25, 0.3) is 0 Å². The molecule has 0 amide bonds. The lowest BCUT2D eigenvalue weighted by molar-refractivity contribution is -0.0954. The first-order chi connectivity index (χ1) is 9.58. The molecule has 0 spiro atoms. The molecule has 3 N–H and O–H groups in total. The Bertz CT molecular complexity index is 413. The Labute approximate surface area is 119 Å². The summed E-state index contributed by atoms with van der Waals surface area (Å²) >= 11 is 0. The third kappa shape index (κ3) is 4.24. The van der Waals surface area contributed by atoms with Gasteiger partial charge in [-0.05, 0) is 31.0 Å². The molecule has 20 heavy (non-hydrogen) atoms. The summed E-state index contributed by atoms with van der Waals surface area (Å²) in [5.41, 5.74) is 7.08. The van der Waals surface area contributed by atoms with Crippen molar-refractivity contribution in [2.24, 2.45) is 5.73 Å². The molecule has 3 unspecified atom stereocenters. The van der Waals surface area contributed by atoms with Crippen molar-refractivity contribution < 1.29 is 14.2 Å². The lowest BCUT2D eigenvalue weighted by Crippen LogP contribution is -2.48. The van der Waals surface area contributed by atoms with Crippen LogP contribution in [0, 0.1) is 5.82 Å². The largest absolute Gasteiger partial charge is 0.394 e. The third-order valence-electron chi connectivity index (χ3n) is 3.66. The highest BCUT2D eigenvalue weighted by atomic mass is 19.1. The first-order valence-electron chi connectivity index (χ1n) is 7.08. The minimum atomic E-state index is -0.242. The fraction of sp³-hybridized carbons (Fsp3) is 0.600. The maximum atomic E-state index is 12.9. The Morgan fingerprint density at radius 1 is 1.40 bits per heavy atom. The second-order valence-electron chi connectivity index (χ2n) is 5.46. The van der Waals surface area contributed by atoms with Gasteiger partial charge in [0.2, 0.25) is 0 Å². The molecule has 0 bridgehead atoms. The van der Waals surface area contributed by atoms with Crippen molar-refractivity contribution >= 4 is 0 Å². The number of benzene rings is 1. The predicted octanol–water partition coefficient (Wildman–Crippen LogP) is 1.30. The zero-order valence-electron chi connectivity index (χ0n) is 11.8. The van der Waals surface area contributed by atoms with E-state index in [0.29, 0.717) is 0 Å². The molecule has 1 aliphatic rings. The fourth-order valence-electron chi connectivity index (χ4n) is 2.62. The number of morpholine rings is 1. The molecular weight excluding hydrogens is 259 g/mol. The second kappa shape index (κ2) is 7.13. The van der Waals surface area contributed by atoms with E-state index in [4.69, 9.17) is 10.5 Å². The summed E-state index contributed by atoms with van der Waals surface area (Å²) < 4.78 is 18.5. The van der Waals surface area contributed by atoms with Crippen molar-refractivity contribution in [3.05, 3.63) is 35.6 Å². The van der Waals surface area contributed by atoms with E-state index >= 15 is 0 Å². The summed E-state index contributed by atoms with van der Waals surface area (Å²) in [7, 11) is 0. The molecule has 1 saturated heterocycles. The predicted molar refractivity (Wildman–Crippen MR) is 75.8 cm³/mol. The molecule has 1 heterocycles. The lowest BCUT2D eigenvalue weighted by Gasteiger charge is -2.36. The second-order valence-corrected chi connectivity index (χ2v) is 5.46. The number of hydrogen-bond donors (Lipinski definition) is 2. The number of aliphatic hydroxyl groups excluding tert-OH is 1. The Hall–Kier alpha value is -1.01. The maximum absolute atomic E-state index is 12.9. The van der Waals surface area contributed by atoms with Crippen molar-refractivity contribution in [1.29, 1.82) is 0 Å². The molecule has 2 rings (SSSR count). The molecule has 3 atom stereocenters. The molecule has 1 fully saturated rings. The summed E-state index contributed by atoms with van der Waals surface area (Å²) in [5, 5.41) is 9.20. The van der Waals surface area contributed by atoms with Crippen molar-refractivity contribution in [3.8, 4) is 0 Å². The van der Waals surface area contributed by atoms with Gasteiger partial charge in [0.15, 0.2) is 0 Å². The van der Waals surface area contributed by atoms with Gasteiger partial charge in [-0.15, -0.1) is 0 Å². The zero-order chi connectivity index (χ0) is 14.5. The number of ether oxygens (including phenoxy) is 1. The van der Waals surface area contributed by atoms with Crippen LogP contribution in [-0.2, 0) is 4.74 Å². The summed E-state index contributed by atoms with van der Waals surface area (Å²) in [6.45, 7) is 4.49. The molecule has 1 aliphatic heterocycles. The number of rotatable bonds is 5. The van der Waals surface area contributed by atoms with E-state index in [1.165, 1.54) is 12.1 Å². The van der Waals surface area contributed by atoms with E-state index in [1.54, 1.807) is 12.1 Å². The van der Waals surface area contributed by atoms with E-state index < -0.39 is 0 Å². The molecule has 0 radical (unpaired) electrons. The molecule has 0 saturated carbocycles. The molecule has 112 valence electrons. The number of halogens is 1. The first-order valence-corrected chi connectivity index (χ1v) is 7.08. The molecule has 0 aliphatic carbocycles. The quantitative estimate of drug-likeness (QED) is 0.854. The first kappa shape index (κ1) is 15.4. The van der Waals surface area contributed by atoms with Crippen LogP contribution >= 0.6 is 0 Å². The summed E-state index contributed by atoms with van der Waals surface area (Å²) in [5.74, 6) is -0.242. The number of hydrogen-bond acceptors (Lipinski definition) is 4. The molecule has 5 heteroatoms. The number of aliphatic hydroxyl groups is 1. The zero-order valence-corrected chi connectivity index (χ0v) is 11.8. The minimum absolute atomic E-state index is 0.0465. The molecular formula is C15H23FN2O2. The van der Waals surface area contributed by atoms with Gasteiger partial charge < -0.3 is 15.6 Å². The molecule has 1 aromatic carbocycles. The highest BCUT2D eigenvalue weighted by Gasteiger charge is 2.24. The van der Waals surface area contributed by atoms with Crippen LogP contribution in [0.4, 0.5) is 4.39 Å². The number of nitrogens with zero attached hydrogens (tertiary/aromatic N) is 1. The Balaban J connectivity index is 1.83. The van der Waals surface area contributed by atoms with Crippen LogP contribution in [0.25, 0.3) is 0 Å². The van der Waals surface area contributed by atoms with Gasteiger partial charge in [0.1, 0.15) is 5.82 Å². The van der Waals surface area contributed by atoms with Gasteiger partial charge >= 0.3 is 0 Å². The normalized spacial score (nSPS) is 25.6. The third-order valence-corrected chi connectivity index (χ3v) is 3.66. The van der Waals surface area contributed by atoms with E-state index in [9.17, 15) is 9.50 Å². The Kier molecular flexibility index (Phi) is 5.48. The summed E-state index contributed by atoms with van der Waals surface area (Å²) in [4.78, 5) is 2.26. The molecule has 1 aromatic rings. The van der Waals surface area contributed by atoms with Crippen LogP contribution in [0.3, 0.4) is 0 Å². The standard InChI is InChI=1S/C15H23FN2O2/c1-11-8-18(9-14(10-19)20-11)7-6-15(17)12-2-4-13(16)5-3-12/h2-5,11,14-15,19H,6-10,17H2,1H3. The molecule has 0 aromatic heterocycles. The highest BCUT2D eigenvalue weighted by molar-refractivity contribution is 5.19. The lowest BCUT2D eigenvalue weighted by atomic mass is 10.0. The topological polar surface area (TPSA) is 58.7 Å². The van der Waals surface area contributed by atoms with Crippen molar-refractivity contribution in [3.63, 3.8) is 0 Å². The Morgan fingerprint density at radius 3 is 2.75 bits per heavy atom. The SMILES string of the molecule is CC1CN(CCC(N)c2ccc(F)cc2)CC(CO)O1. The van der Waals surface area contributed by atoms with Gasteiger partial charge in [-0.25, -0.2) is 4.39 Å². The average molecular weight is 282 g/mol. The Morgan fingerprint density at radius 2 is 2.10 bits per heavy atom. The van der Waals surface area contributed by atoms with E-state index in [-0.39, 0.29) is 30.7 Å². The van der Waals surface area contributed by atoms with Gasteiger partial charge in [-0.2, -0.15) is 0 Å². The van der Waals surface area contributed by atoms with Gasteiger partial charge in [0, 0.05) is 25.7 Å². The van der Waals surface area contributed by atoms with Crippen molar-refractivity contribution in [1.82, 2.24) is 4.90 Å². The van der Waals surface area contributed by atoms with Crippen LogP contribution in [0.2, 0.25) is 0 Å². The van der Waals surface area contributed by atoms with Gasteiger partial charge in [-0.3, -0.25) is 4.90 Å². The smallest absolute Gasteiger partial charge is 0.123 e. The van der Waals surface area contributed by atoms with Crippen LogP contribution < -0.4 is 5.73 Å². The summed E-state index contributed by atoms with van der Waals surface area (Å²) in [6.07, 6.45) is 0.819.